The Morgan fingerprint density at radius 1 is 1.41 bits per heavy atom. The molecule has 150 valence electrons. The van der Waals surface area contributed by atoms with Crippen LogP contribution in [0.2, 0.25) is 0 Å². The summed E-state index contributed by atoms with van der Waals surface area (Å²) in [5.41, 5.74) is 7.13. The number of aryl methyl sites for hydroxylation is 1. The molecule has 0 saturated heterocycles. The predicted octanol–water partition coefficient (Wildman–Crippen LogP) is 2.82. The molecular formula is C21H21FN4O3. The number of allylic oxidation sites excluding steroid dienone is 1. The first-order chi connectivity index (χ1) is 13.9. The van der Waals surface area contributed by atoms with Crippen LogP contribution in [0, 0.1) is 6.92 Å². The van der Waals surface area contributed by atoms with Gasteiger partial charge in [-0.15, -0.1) is 0 Å². The SMILES string of the molecule is Cc1c(CC2=C(F)C(N)=NCC2)c(=O)oc2cc(OC3N=CC=CN3C)ccc12. The van der Waals surface area contributed by atoms with Crippen molar-refractivity contribution in [3.63, 3.8) is 0 Å². The van der Waals surface area contributed by atoms with Crippen molar-refractivity contribution < 1.29 is 13.5 Å². The van der Waals surface area contributed by atoms with Gasteiger partial charge in [-0.2, -0.15) is 0 Å². The Morgan fingerprint density at radius 3 is 3.03 bits per heavy atom. The van der Waals surface area contributed by atoms with Gasteiger partial charge >= 0.3 is 5.63 Å². The molecule has 0 bridgehead atoms. The number of nitrogens with two attached hydrogens (primary N) is 1. The van der Waals surface area contributed by atoms with Crippen LogP contribution in [0.25, 0.3) is 11.0 Å². The number of amidine groups is 1. The van der Waals surface area contributed by atoms with Crippen LogP contribution in [-0.2, 0) is 6.42 Å². The van der Waals surface area contributed by atoms with Crippen molar-refractivity contribution in [2.75, 3.05) is 13.6 Å². The zero-order chi connectivity index (χ0) is 20.5. The molecule has 0 aliphatic carbocycles. The molecule has 0 spiro atoms. The minimum Gasteiger partial charge on any atom is -0.450 e. The van der Waals surface area contributed by atoms with Crippen molar-refractivity contribution in [1.82, 2.24) is 4.90 Å². The van der Waals surface area contributed by atoms with Crippen LogP contribution < -0.4 is 16.1 Å². The Hall–Kier alpha value is -3.42. The van der Waals surface area contributed by atoms with Crippen LogP contribution in [0.5, 0.6) is 5.75 Å². The average molecular weight is 396 g/mol. The first kappa shape index (κ1) is 18.9. The Kier molecular flexibility index (Phi) is 4.92. The van der Waals surface area contributed by atoms with Crippen molar-refractivity contribution in [3.8, 4) is 5.75 Å². The van der Waals surface area contributed by atoms with E-state index in [1.54, 1.807) is 18.3 Å². The van der Waals surface area contributed by atoms with Gasteiger partial charge in [-0.1, -0.05) is 0 Å². The standard InChI is InChI=1S/C21H21FN4O3/c1-12-15-5-4-14(28-21-25-7-3-9-26(21)2)11-17(15)29-20(27)16(12)10-13-6-8-24-19(23)18(13)22/h3-5,7,9,11,21H,6,8,10H2,1-2H3,(H2,23,24). The summed E-state index contributed by atoms with van der Waals surface area (Å²) >= 11 is 0. The Bertz CT molecular complexity index is 1150. The topological polar surface area (TPSA) is 93.4 Å². The van der Waals surface area contributed by atoms with E-state index < -0.39 is 17.8 Å². The van der Waals surface area contributed by atoms with Crippen LogP contribution >= 0.6 is 0 Å². The summed E-state index contributed by atoms with van der Waals surface area (Å²) in [5.74, 6) is -0.117. The van der Waals surface area contributed by atoms with Crippen LogP contribution in [0.15, 0.2) is 61.1 Å². The molecule has 1 aromatic heterocycles. The number of rotatable bonds is 4. The smallest absolute Gasteiger partial charge is 0.340 e. The Labute approximate surface area is 166 Å². The molecule has 8 heteroatoms. The van der Waals surface area contributed by atoms with E-state index in [0.717, 1.165) is 10.9 Å². The number of ether oxygens (including phenoxy) is 1. The lowest BCUT2D eigenvalue weighted by molar-refractivity contribution is 0.0870. The van der Waals surface area contributed by atoms with Crippen molar-refractivity contribution in [2.45, 2.75) is 26.1 Å². The number of halogens is 1. The maximum absolute atomic E-state index is 14.3. The Balaban J connectivity index is 1.67. The molecule has 3 heterocycles. The molecule has 0 amide bonds. The second-order valence-corrected chi connectivity index (χ2v) is 7.01. The third-order valence-corrected chi connectivity index (χ3v) is 5.09. The number of nitrogens with zero attached hydrogens (tertiary/aromatic N) is 3. The average Bonchev–Trinajstić information content (AvgIpc) is 2.70. The van der Waals surface area contributed by atoms with Gasteiger partial charge in [0.05, 0.1) is 0 Å². The summed E-state index contributed by atoms with van der Waals surface area (Å²) in [6, 6.07) is 5.29. The second kappa shape index (κ2) is 7.54. The number of fused-ring (bicyclic) bond motifs is 1. The molecule has 0 fully saturated rings. The molecule has 2 aromatic rings. The van der Waals surface area contributed by atoms with Gasteiger partial charge in [0.1, 0.15) is 11.3 Å². The van der Waals surface area contributed by atoms with E-state index in [-0.39, 0.29) is 12.3 Å². The summed E-state index contributed by atoms with van der Waals surface area (Å²) in [4.78, 5) is 22.6. The molecule has 1 unspecified atom stereocenters. The third kappa shape index (κ3) is 3.65. The highest BCUT2D eigenvalue weighted by Gasteiger charge is 2.20. The largest absolute Gasteiger partial charge is 0.450 e. The van der Waals surface area contributed by atoms with Gasteiger partial charge in [-0.25, -0.2) is 14.2 Å². The number of benzene rings is 1. The molecule has 2 N–H and O–H groups in total. The third-order valence-electron chi connectivity index (χ3n) is 5.09. The summed E-state index contributed by atoms with van der Waals surface area (Å²) in [5, 5.41) is 0.769. The summed E-state index contributed by atoms with van der Waals surface area (Å²) in [7, 11) is 1.85. The predicted molar refractivity (Wildman–Crippen MR) is 110 cm³/mol. The molecule has 2 aliphatic heterocycles. The van der Waals surface area contributed by atoms with E-state index in [2.05, 4.69) is 9.98 Å². The van der Waals surface area contributed by atoms with E-state index in [1.165, 1.54) is 0 Å². The molecule has 7 nitrogen and oxygen atoms in total. The molecule has 0 radical (unpaired) electrons. The number of dihydropyridines is 1. The minimum absolute atomic E-state index is 0.110. The fourth-order valence-corrected chi connectivity index (χ4v) is 3.41. The molecule has 29 heavy (non-hydrogen) atoms. The van der Waals surface area contributed by atoms with Gasteiger partial charge in [-0.3, -0.25) is 4.99 Å². The normalized spacial score (nSPS) is 19.1. The maximum Gasteiger partial charge on any atom is 0.340 e. The first-order valence-corrected chi connectivity index (χ1v) is 9.27. The molecular weight excluding hydrogens is 375 g/mol. The summed E-state index contributed by atoms with van der Waals surface area (Å²) in [6.07, 6.45) is 5.43. The number of hydrogen-bond acceptors (Lipinski definition) is 7. The fourth-order valence-electron chi connectivity index (χ4n) is 3.41. The fraction of sp³-hybridized carbons (Fsp3) is 0.286. The molecule has 0 saturated carbocycles. The van der Waals surface area contributed by atoms with Crippen molar-refractivity contribution >= 4 is 23.0 Å². The van der Waals surface area contributed by atoms with Crippen molar-refractivity contribution in [3.05, 3.63) is 63.4 Å². The highest BCUT2D eigenvalue weighted by molar-refractivity contribution is 5.96. The highest BCUT2D eigenvalue weighted by atomic mass is 19.1. The van der Waals surface area contributed by atoms with E-state index in [1.807, 2.05) is 37.2 Å². The highest BCUT2D eigenvalue weighted by Crippen LogP contribution is 2.28. The van der Waals surface area contributed by atoms with Gasteiger partial charge in [0.15, 0.2) is 11.7 Å². The lowest BCUT2D eigenvalue weighted by Crippen LogP contribution is -2.32. The summed E-state index contributed by atoms with van der Waals surface area (Å²) < 4.78 is 25.7. The number of hydrogen-bond donors (Lipinski definition) is 1. The van der Waals surface area contributed by atoms with Crippen LogP contribution in [0.3, 0.4) is 0 Å². The van der Waals surface area contributed by atoms with Gasteiger partial charge in [-0.05, 0) is 42.7 Å². The minimum atomic E-state index is -0.537. The van der Waals surface area contributed by atoms with Gasteiger partial charge in [0, 0.05) is 49.4 Å². The second-order valence-electron chi connectivity index (χ2n) is 7.01. The summed E-state index contributed by atoms with van der Waals surface area (Å²) in [6.45, 7) is 2.25. The van der Waals surface area contributed by atoms with E-state index in [0.29, 0.717) is 35.4 Å². The van der Waals surface area contributed by atoms with Crippen LogP contribution in [0.1, 0.15) is 17.5 Å². The lowest BCUT2D eigenvalue weighted by Gasteiger charge is -2.25. The molecule has 2 aliphatic rings. The Morgan fingerprint density at radius 2 is 2.24 bits per heavy atom. The first-order valence-electron chi connectivity index (χ1n) is 9.27. The van der Waals surface area contributed by atoms with Gasteiger partial charge < -0.3 is 19.8 Å². The van der Waals surface area contributed by atoms with Crippen molar-refractivity contribution in [2.24, 2.45) is 15.7 Å². The van der Waals surface area contributed by atoms with E-state index in [4.69, 9.17) is 14.9 Å². The maximum atomic E-state index is 14.3. The van der Waals surface area contributed by atoms with E-state index >= 15 is 0 Å². The van der Waals surface area contributed by atoms with Crippen LogP contribution in [0.4, 0.5) is 4.39 Å². The molecule has 1 atom stereocenters. The zero-order valence-corrected chi connectivity index (χ0v) is 16.2. The van der Waals surface area contributed by atoms with E-state index in [9.17, 15) is 9.18 Å². The van der Waals surface area contributed by atoms with Gasteiger partial charge in [0.2, 0.25) is 0 Å². The number of aliphatic imine (C=N–C) groups is 2. The van der Waals surface area contributed by atoms with Gasteiger partial charge in [0.25, 0.3) is 6.35 Å². The van der Waals surface area contributed by atoms with Crippen LogP contribution in [-0.4, -0.2) is 36.9 Å². The molecule has 1 aromatic carbocycles. The lowest BCUT2D eigenvalue weighted by atomic mass is 9.96. The quantitative estimate of drug-likeness (QED) is 0.802. The molecule has 4 rings (SSSR count). The zero-order valence-electron chi connectivity index (χ0n) is 16.2. The van der Waals surface area contributed by atoms with Crippen molar-refractivity contribution in [1.29, 1.82) is 0 Å². The monoisotopic (exact) mass is 396 g/mol.